The molecular weight excluding hydrogens is 262 g/mol. The second-order valence-corrected chi connectivity index (χ2v) is 6.01. The molecular formula is C14H19NO3S. The second kappa shape index (κ2) is 6.19. The zero-order chi connectivity index (χ0) is 13.8. The normalized spacial score (nSPS) is 16.1. The Morgan fingerprint density at radius 3 is 2.79 bits per heavy atom. The number of aryl methyl sites for hydroxylation is 1. The van der Waals surface area contributed by atoms with Gasteiger partial charge >= 0.3 is 5.97 Å². The molecule has 1 aliphatic rings. The largest absolute Gasteiger partial charge is 0.480 e. The van der Waals surface area contributed by atoms with Gasteiger partial charge in [0.05, 0.1) is 0 Å². The summed E-state index contributed by atoms with van der Waals surface area (Å²) in [6, 6.07) is 3.51. The van der Waals surface area contributed by atoms with Gasteiger partial charge in [0.15, 0.2) is 0 Å². The van der Waals surface area contributed by atoms with Gasteiger partial charge in [0.25, 0.3) is 0 Å². The fraction of sp³-hybridized carbons (Fsp3) is 0.571. The quantitative estimate of drug-likeness (QED) is 0.835. The van der Waals surface area contributed by atoms with E-state index in [0.717, 1.165) is 25.7 Å². The monoisotopic (exact) mass is 281 g/mol. The Morgan fingerprint density at radius 2 is 2.26 bits per heavy atom. The molecule has 0 aliphatic heterocycles. The number of carbonyl (C=O) groups is 2. The van der Waals surface area contributed by atoms with Gasteiger partial charge in [-0.15, -0.1) is 11.3 Å². The maximum Gasteiger partial charge on any atom is 0.326 e. The second-order valence-electron chi connectivity index (χ2n) is 4.98. The number of nitrogens with zero attached hydrogens (tertiary/aromatic N) is 1. The minimum Gasteiger partial charge on any atom is -0.480 e. The van der Waals surface area contributed by atoms with Gasteiger partial charge in [-0.05, 0) is 44.1 Å². The van der Waals surface area contributed by atoms with Crippen LogP contribution in [-0.2, 0) is 16.0 Å². The van der Waals surface area contributed by atoms with Crippen LogP contribution in [0.15, 0.2) is 17.5 Å². The van der Waals surface area contributed by atoms with Gasteiger partial charge in [-0.25, -0.2) is 4.79 Å². The summed E-state index contributed by atoms with van der Waals surface area (Å²) in [4.78, 5) is 26.1. The Kier molecular flexibility index (Phi) is 4.58. The predicted molar refractivity (Wildman–Crippen MR) is 74.2 cm³/mol. The van der Waals surface area contributed by atoms with Crippen LogP contribution in [0, 0.1) is 0 Å². The molecule has 0 spiro atoms. The molecule has 1 atom stereocenters. The summed E-state index contributed by atoms with van der Waals surface area (Å²) in [5.41, 5.74) is 0. The summed E-state index contributed by atoms with van der Waals surface area (Å²) in [7, 11) is 0. The van der Waals surface area contributed by atoms with E-state index in [9.17, 15) is 9.59 Å². The van der Waals surface area contributed by atoms with Crippen LogP contribution in [-0.4, -0.2) is 34.0 Å². The van der Waals surface area contributed by atoms with Gasteiger partial charge in [0, 0.05) is 17.3 Å². The molecule has 1 saturated carbocycles. The minimum absolute atomic E-state index is 0.0195. The van der Waals surface area contributed by atoms with E-state index in [1.807, 2.05) is 11.4 Å². The molecule has 1 aromatic heterocycles. The highest BCUT2D eigenvalue weighted by Gasteiger charge is 2.37. The fourth-order valence-electron chi connectivity index (χ4n) is 2.21. The molecule has 5 heteroatoms. The molecule has 19 heavy (non-hydrogen) atoms. The van der Waals surface area contributed by atoms with Crippen molar-refractivity contribution in [3.05, 3.63) is 22.4 Å². The number of carboxylic acid groups (broad SMARTS) is 1. The zero-order valence-electron chi connectivity index (χ0n) is 11.0. The summed E-state index contributed by atoms with van der Waals surface area (Å²) in [6.45, 7) is 1.60. The van der Waals surface area contributed by atoms with E-state index in [-0.39, 0.29) is 11.9 Å². The molecule has 104 valence electrons. The number of carboxylic acids is 1. The topological polar surface area (TPSA) is 57.6 Å². The summed E-state index contributed by atoms with van der Waals surface area (Å²) in [5, 5.41) is 11.1. The van der Waals surface area contributed by atoms with Crippen molar-refractivity contribution in [1.82, 2.24) is 4.90 Å². The fourth-order valence-corrected chi connectivity index (χ4v) is 2.96. The summed E-state index contributed by atoms with van der Waals surface area (Å²) >= 11 is 1.69. The van der Waals surface area contributed by atoms with Gasteiger partial charge < -0.3 is 10.0 Å². The standard InChI is InChI=1S/C14H19NO3S/c1-10(14(17)18)15(11-7-8-11)13(16)6-2-4-12-5-3-9-19-12/h3,5,9-11H,2,4,6-8H2,1H3,(H,17,18). The molecule has 1 aromatic rings. The highest BCUT2D eigenvalue weighted by atomic mass is 32.1. The number of aliphatic carboxylic acids is 1. The van der Waals surface area contributed by atoms with E-state index in [4.69, 9.17) is 5.11 Å². The molecule has 0 bridgehead atoms. The van der Waals surface area contributed by atoms with Crippen LogP contribution in [0.1, 0.15) is 37.5 Å². The minimum atomic E-state index is -0.918. The lowest BCUT2D eigenvalue weighted by atomic mass is 10.1. The number of thiophene rings is 1. The Labute approximate surface area is 117 Å². The van der Waals surface area contributed by atoms with E-state index in [1.165, 1.54) is 4.88 Å². The van der Waals surface area contributed by atoms with E-state index in [0.29, 0.717) is 6.42 Å². The Bertz CT molecular complexity index is 440. The molecule has 1 fully saturated rings. The molecule has 1 heterocycles. The highest BCUT2D eigenvalue weighted by molar-refractivity contribution is 7.09. The van der Waals surface area contributed by atoms with Crippen molar-refractivity contribution < 1.29 is 14.7 Å². The third kappa shape index (κ3) is 3.80. The molecule has 1 unspecified atom stereocenters. The van der Waals surface area contributed by atoms with E-state index >= 15 is 0 Å². The van der Waals surface area contributed by atoms with Crippen molar-refractivity contribution in [2.45, 2.75) is 51.1 Å². The summed E-state index contributed by atoms with van der Waals surface area (Å²) in [5.74, 6) is -0.938. The number of hydrogen-bond acceptors (Lipinski definition) is 3. The van der Waals surface area contributed by atoms with Crippen molar-refractivity contribution in [2.75, 3.05) is 0 Å². The number of carbonyl (C=O) groups excluding carboxylic acids is 1. The lowest BCUT2D eigenvalue weighted by Crippen LogP contribution is -2.44. The van der Waals surface area contributed by atoms with Crippen LogP contribution in [0.2, 0.25) is 0 Å². The van der Waals surface area contributed by atoms with Crippen LogP contribution in [0.3, 0.4) is 0 Å². The molecule has 0 aromatic carbocycles. The molecule has 1 amide bonds. The molecule has 1 N–H and O–H groups in total. The maximum atomic E-state index is 12.2. The number of rotatable bonds is 7. The lowest BCUT2D eigenvalue weighted by molar-refractivity contribution is -0.150. The van der Waals surface area contributed by atoms with Gasteiger partial charge in [-0.1, -0.05) is 6.07 Å². The molecule has 0 radical (unpaired) electrons. The van der Waals surface area contributed by atoms with Crippen LogP contribution in [0.5, 0.6) is 0 Å². The number of hydrogen-bond donors (Lipinski definition) is 1. The average molecular weight is 281 g/mol. The molecule has 2 rings (SSSR count). The van der Waals surface area contributed by atoms with Crippen molar-refractivity contribution >= 4 is 23.2 Å². The molecule has 0 saturated heterocycles. The highest BCUT2D eigenvalue weighted by Crippen LogP contribution is 2.29. The third-order valence-electron chi connectivity index (χ3n) is 3.40. The Balaban J connectivity index is 1.84. The van der Waals surface area contributed by atoms with Crippen molar-refractivity contribution in [1.29, 1.82) is 0 Å². The van der Waals surface area contributed by atoms with Crippen LogP contribution < -0.4 is 0 Å². The van der Waals surface area contributed by atoms with Crippen LogP contribution >= 0.6 is 11.3 Å². The Morgan fingerprint density at radius 1 is 1.53 bits per heavy atom. The van der Waals surface area contributed by atoms with Gasteiger partial charge in [-0.3, -0.25) is 4.79 Å². The molecule has 4 nitrogen and oxygen atoms in total. The van der Waals surface area contributed by atoms with Crippen molar-refractivity contribution in [2.24, 2.45) is 0 Å². The first-order valence-electron chi connectivity index (χ1n) is 6.66. The third-order valence-corrected chi connectivity index (χ3v) is 4.33. The Hall–Kier alpha value is -1.36. The maximum absolute atomic E-state index is 12.2. The van der Waals surface area contributed by atoms with E-state index in [1.54, 1.807) is 23.2 Å². The summed E-state index contributed by atoms with van der Waals surface area (Å²) < 4.78 is 0. The van der Waals surface area contributed by atoms with Gasteiger partial charge in [0.1, 0.15) is 6.04 Å². The van der Waals surface area contributed by atoms with Crippen LogP contribution in [0.4, 0.5) is 0 Å². The van der Waals surface area contributed by atoms with E-state index < -0.39 is 12.0 Å². The first-order chi connectivity index (χ1) is 9.09. The summed E-state index contributed by atoms with van der Waals surface area (Å²) in [6.07, 6.45) is 3.99. The first kappa shape index (κ1) is 14.1. The first-order valence-corrected chi connectivity index (χ1v) is 7.54. The van der Waals surface area contributed by atoms with Gasteiger partial charge in [0.2, 0.25) is 5.91 Å². The van der Waals surface area contributed by atoms with Crippen molar-refractivity contribution in [3.63, 3.8) is 0 Å². The predicted octanol–water partition coefficient (Wildman–Crippen LogP) is 2.53. The zero-order valence-corrected chi connectivity index (χ0v) is 11.9. The SMILES string of the molecule is CC(C(=O)O)N(C(=O)CCCc1cccs1)C1CC1. The smallest absolute Gasteiger partial charge is 0.326 e. The van der Waals surface area contributed by atoms with Crippen molar-refractivity contribution in [3.8, 4) is 0 Å². The van der Waals surface area contributed by atoms with Crippen LogP contribution in [0.25, 0.3) is 0 Å². The number of amides is 1. The molecule has 1 aliphatic carbocycles. The van der Waals surface area contributed by atoms with Gasteiger partial charge in [-0.2, -0.15) is 0 Å². The van der Waals surface area contributed by atoms with E-state index in [2.05, 4.69) is 6.07 Å². The lowest BCUT2D eigenvalue weighted by Gasteiger charge is -2.26. The average Bonchev–Trinajstić information content (AvgIpc) is 3.05.